The normalized spacial score (nSPS) is 19.9. The van der Waals surface area contributed by atoms with Crippen LogP contribution in [0.5, 0.6) is 5.75 Å². The summed E-state index contributed by atoms with van der Waals surface area (Å²) in [5.74, 6) is 1.78. The molecule has 1 fully saturated rings. The first-order chi connectivity index (χ1) is 13.3. The van der Waals surface area contributed by atoms with Crippen molar-refractivity contribution in [2.24, 2.45) is 4.99 Å². The minimum absolute atomic E-state index is 0.233. The summed E-state index contributed by atoms with van der Waals surface area (Å²) < 4.78 is 10.9. The third kappa shape index (κ3) is 5.71. The Labute approximate surface area is 162 Å². The van der Waals surface area contributed by atoms with Crippen LogP contribution in [-0.2, 0) is 4.74 Å². The van der Waals surface area contributed by atoms with Crippen LogP contribution in [0.25, 0.3) is 0 Å². The fourth-order valence-corrected chi connectivity index (χ4v) is 3.57. The number of hydrogen-bond donors (Lipinski definition) is 2. The zero-order chi connectivity index (χ0) is 18.9. The molecule has 0 spiro atoms. The van der Waals surface area contributed by atoms with Crippen LogP contribution in [0.2, 0.25) is 0 Å². The molecule has 1 unspecified atom stereocenters. The number of ether oxygens (including phenoxy) is 2. The van der Waals surface area contributed by atoms with E-state index in [4.69, 9.17) is 14.5 Å². The Morgan fingerprint density at radius 1 is 1.22 bits per heavy atom. The summed E-state index contributed by atoms with van der Waals surface area (Å²) in [6.07, 6.45) is 6.59. The van der Waals surface area contributed by atoms with Gasteiger partial charge in [-0.2, -0.15) is 0 Å². The van der Waals surface area contributed by atoms with Gasteiger partial charge in [0.25, 0.3) is 0 Å². The van der Waals surface area contributed by atoms with E-state index in [1.165, 1.54) is 5.56 Å². The lowest BCUT2D eigenvalue weighted by Gasteiger charge is -2.34. The maximum atomic E-state index is 5.55. The van der Waals surface area contributed by atoms with Crippen molar-refractivity contribution in [3.8, 4) is 5.75 Å². The molecule has 1 aliphatic carbocycles. The molecule has 6 nitrogen and oxygen atoms in total. The van der Waals surface area contributed by atoms with Crippen LogP contribution in [0.15, 0.2) is 41.4 Å². The minimum atomic E-state index is 0.233. The van der Waals surface area contributed by atoms with Crippen molar-refractivity contribution in [1.29, 1.82) is 0 Å². The second-order valence-electron chi connectivity index (χ2n) is 6.94. The molecule has 1 saturated heterocycles. The average Bonchev–Trinajstić information content (AvgIpc) is 3.22. The molecule has 27 heavy (non-hydrogen) atoms. The van der Waals surface area contributed by atoms with Crippen molar-refractivity contribution >= 4 is 5.96 Å². The lowest BCUT2D eigenvalue weighted by Crippen LogP contribution is -2.44. The van der Waals surface area contributed by atoms with E-state index in [9.17, 15) is 0 Å². The molecular formula is C21H32N4O2. The summed E-state index contributed by atoms with van der Waals surface area (Å²) in [6, 6.07) is 9.04. The van der Waals surface area contributed by atoms with Gasteiger partial charge in [-0.1, -0.05) is 24.3 Å². The first-order valence-corrected chi connectivity index (χ1v) is 9.95. The summed E-state index contributed by atoms with van der Waals surface area (Å²) >= 11 is 0. The summed E-state index contributed by atoms with van der Waals surface area (Å²) in [6.45, 7) is 7.10. The second-order valence-corrected chi connectivity index (χ2v) is 6.94. The molecular weight excluding hydrogens is 340 g/mol. The summed E-state index contributed by atoms with van der Waals surface area (Å²) in [4.78, 5) is 7.39. The summed E-state index contributed by atoms with van der Waals surface area (Å²) in [5, 5.41) is 6.94. The van der Waals surface area contributed by atoms with Crippen molar-refractivity contribution in [2.45, 2.75) is 31.8 Å². The average molecular weight is 373 g/mol. The van der Waals surface area contributed by atoms with Crippen LogP contribution < -0.4 is 15.4 Å². The van der Waals surface area contributed by atoms with E-state index >= 15 is 0 Å². The Kier molecular flexibility index (Phi) is 7.54. The summed E-state index contributed by atoms with van der Waals surface area (Å²) in [5.41, 5.74) is 1.26. The van der Waals surface area contributed by atoms with Crippen LogP contribution in [-0.4, -0.2) is 63.4 Å². The molecule has 1 aromatic carbocycles. The number of aliphatic imine (C=N–C) groups is 1. The molecule has 6 heteroatoms. The number of hydrogen-bond acceptors (Lipinski definition) is 4. The molecule has 0 saturated carbocycles. The number of morpholine rings is 1. The molecule has 1 atom stereocenters. The maximum Gasteiger partial charge on any atom is 0.191 e. The Bertz CT molecular complexity index is 616. The maximum absolute atomic E-state index is 5.55. The third-order valence-corrected chi connectivity index (χ3v) is 5.10. The highest BCUT2D eigenvalue weighted by molar-refractivity contribution is 5.80. The van der Waals surface area contributed by atoms with Gasteiger partial charge in [-0.05, 0) is 37.5 Å². The minimum Gasteiger partial charge on any atom is -0.497 e. The van der Waals surface area contributed by atoms with Gasteiger partial charge in [-0.25, -0.2) is 0 Å². The van der Waals surface area contributed by atoms with Crippen molar-refractivity contribution in [3.05, 3.63) is 42.0 Å². The molecule has 1 aromatic rings. The van der Waals surface area contributed by atoms with Gasteiger partial charge in [0.2, 0.25) is 0 Å². The number of nitrogens with one attached hydrogen (secondary N) is 2. The van der Waals surface area contributed by atoms with Gasteiger partial charge in [0, 0.05) is 25.7 Å². The topological polar surface area (TPSA) is 58.1 Å². The third-order valence-electron chi connectivity index (χ3n) is 5.10. The molecule has 0 radical (unpaired) electrons. The molecule has 0 amide bonds. The first kappa shape index (κ1) is 19.7. The zero-order valence-corrected chi connectivity index (χ0v) is 16.5. The smallest absolute Gasteiger partial charge is 0.191 e. The summed E-state index contributed by atoms with van der Waals surface area (Å²) in [7, 11) is 1.70. The molecule has 2 N–H and O–H groups in total. The predicted molar refractivity (Wildman–Crippen MR) is 109 cm³/mol. The van der Waals surface area contributed by atoms with Crippen LogP contribution in [0.4, 0.5) is 0 Å². The largest absolute Gasteiger partial charge is 0.497 e. The van der Waals surface area contributed by atoms with E-state index in [2.05, 4.69) is 46.7 Å². The Morgan fingerprint density at radius 3 is 2.56 bits per heavy atom. The van der Waals surface area contributed by atoms with E-state index in [-0.39, 0.29) is 6.04 Å². The van der Waals surface area contributed by atoms with Gasteiger partial charge in [-0.15, -0.1) is 0 Å². The first-order valence-electron chi connectivity index (χ1n) is 9.95. The van der Waals surface area contributed by atoms with E-state index in [0.29, 0.717) is 12.6 Å². The van der Waals surface area contributed by atoms with Crippen LogP contribution in [0, 0.1) is 0 Å². The van der Waals surface area contributed by atoms with E-state index < -0.39 is 0 Å². The van der Waals surface area contributed by atoms with E-state index in [1.54, 1.807) is 7.11 Å². The standard InChI is InChI=1S/C21H32N4O2/c1-3-22-21(24-18-6-4-5-7-18)23-16-20(25-12-14-27-15-13-25)17-8-10-19(26-2)11-9-17/h4-5,8-11,18,20H,3,6-7,12-16H2,1-2H3,(H2,22,23,24). The Morgan fingerprint density at radius 2 is 1.93 bits per heavy atom. The molecule has 1 heterocycles. The van der Waals surface area contributed by atoms with Crippen LogP contribution in [0.3, 0.4) is 0 Å². The van der Waals surface area contributed by atoms with Gasteiger partial charge >= 0.3 is 0 Å². The van der Waals surface area contributed by atoms with Gasteiger partial charge < -0.3 is 20.1 Å². The lowest BCUT2D eigenvalue weighted by atomic mass is 10.0. The van der Waals surface area contributed by atoms with Gasteiger partial charge in [0.1, 0.15) is 5.75 Å². The molecule has 3 rings (SSSR count). The van der Waals surface area contributed by atoms with E-state index in [1.807, 2.05) is 12.1 Å². The monoisotopic (exact) mass is 372 g/mol. The highest BCUT2D eigenvalue weighted by Crippen LogP contribution is 2.24. The van der Waals surface area contributed by atoms with Gasteiger partial charge in [-0.3, -0.25) is 9.89 Å². The number of guanidine groups is 1. The molecule has 148 valence electrons. The van der Waals surface area contributed by atoms with Crippen LogP contribution in [0.1, 0.15) is 31.4 Å². The highest BCUT2D eigenvalue weighted by atomic mass is 16.5. The molecule has 1 aliphatic heterocycles. The van der Waals surface area contributed by atoms with Gasteiger partial charge in [0.05, 0.1) is 32.9 Å². The zero-order valence-electron chi connectivity index (χ0n) is 16.5. The van der Waals surface area contributed by atoms with Crippen molar-refractivity contribution in [2.75, 3.05) is 46.5 Å². The van der Waals surface area contributed by atoms with Crippen molar-refractivity contribution in [3.63, 3.8) is 0 Å². The number of rotatable bonds is 7. The fraction of sp³-hybridized carbons (Fsp3) is 0.571. The van der Waals surface area contributed by atoms with Crippen molar-refractivity contribution < 1.29 is 9.47 Å². The van der Waals surface area contributed by atoms with E-state index in [0.717, 1.165) is 57.4 Å². The second kappa shape index (κ2) is 10.3. The SMILES string of the molecule is CCNC(=NCC(c1ccc(OC)cc1)N1CCOCC1)NC1CC=CC1. The highest BCUT2D eigenvalue weighted by Gasteiger charge is 2.23. The Balaban J connectivity index is 1.73. The molecule has 2 aliphatic rings. The predicted octanol–water partition coefficient (Wildman–Crippen LogP) is 2.34. The van der Waals surface area contributed by atoms with Crippen molar-refractivity contribution in [1.82, 2.24) is 15.5 Å². The number of methoxy groups -OCH3 is 1. The lowest BCUT2D eigenvalue weighted by molar-refractivity contribution is 0.0179. The molecule has 0 bridgehead atoms. The molecule has 0 aromatic heterocycles. The van der Waals surface area contributed by atoms with Gasteiger partial charge in [0.15, 0.2) is 5.96 Å². The van der Waals surface area contributed by atoms with Crippen LogP contribution >= 0.6 is 0 Å². The Hall–Kier alpha value is -2.05. The fourth-order valence-electron chi connectivity index (χ4n) is 3.57. The quantitative estimate of drug-likeness (QED) is 0.437. The number of nitrogens with zero attached hydrogens (tertiary/aromatic N) is 2. The number of benzene rings is 1.